The summed E-state index contributed by atoms with van der Waals surface area (Å²) < 4.78 is 13.2. The van der Waals surface area contributed by atoms with Gasteiger partial charge in [-0.05, 0) is 24.6 Å². The van der Waals surface area contributed by atoms with Gasteiger partial charge in [-0.2, -0.15) is 0 Å². The van der Waals surface area contributed by atoms with Gasteiger partial charge < -0.3 is 5.73 Å². The fraction of sp³-hybridized carbons (Fsp3) is 0.200. The van der Waals surface area contributed by atoms with Crippen molar-refractivity contribution in [3.63, 3.8) is 0 Å². The van der Waals surface area contributed by atoms with Crippen LogP contribution in [-0.4, -0.2) is 0 Å². The first-order valence-corrected chi connectivity index (χ1v) is 4.34. The van der Waals surface area contributed by atoms with E-state index in [9.17, 15) is 4.39 Å². The second-order valence-electron chi connectivity index (χ2n) is 2.80. The Morgan fingerprint density at radius 3 is 2.92 bits per heavy atom. The summed E-state index contributed by atoms with van der Waals surface area (Å²) in [6, 6.07) is 4.00. The molecule has 1 aromatic carbocycles. The summed E-state index contributed by atoms with van der Waals surface area (Å²) in [5.41, 5.74) is 6.14. The molecule has 0 spiro atoms. The van der Waals surface area contributed by atoms with Gasteiger partial charge in [0.15, 0.2) is 0 Å². The van der Waals surface area contributed by atoms with E-state index in [0.717, 1.165) is 0 Å². The minimum absolute atomic E-state index is 0.321. The molecular weight excluding hydrogens is 189 g/mol. The van der Waals surface area contributed by atoms with Gasteiger partial charge in [0, 0.05) is 16.6 Å². The number of hydrogen-bond donors (Lipinski definition) is 1. The minimum Gasteiger partial charge on any atom is -0.324 e. The third-order valence-corrected chi connectivity index (χ3v) is 2.01. The SMILES string of the molecule is C=CCC(N)c1cc(Cl)ccc1F. The Morgan fingerprint density at radius 2 is 2.31 bits per heavy atom. The molecule has 1 atom stereocenters. The molecule has 3 heteroatoms. The normalized spacial score (nSPS) is 12.5. The fourth-order valence-corrected chi connectivity index (χ4v) is 1.29. The number of halogens is 2. The molecule has 0 saturated carbocycles. The van der Waals surface area contributed by atoms with Crippen LogP contribution in [0.1, 0.15) is 18.0 Å². The monoisotopic (exact) mass is 199 g/mol. The first-order valence-electron chi connectivity index (χ1n) is 3.96. The molecular formula is C10H11ClFN. The maximum absolute atomic E-state index is 13.2. The van der Waals surface area contributed by atoms with Crippen molar-refractivity contribution in [2.75, 3.05) is 0 Å². The highest BCUT2D eigenvalue weighted by Gasteiger charge is 2.09. The molecule has 0 aliphatic carbocycles. The average molecular weight is 200 g/mol. The van der Waals surface area contributed by atoms with Gasteiger partial charge in [0.05, 0.1) is 0 Å². The molecule has 0 aromatic heterocycles. The van der Waals surface area contributed by atoms with Crippen LogP contribution >= 0.6 is 11.6 Å². The van der Waals surface area contributed by atoms with Crippen LogP contribution in [0.4, 0.5) is 4.39 Å². The lowest BCUT2D eigenvalue weighted by molar-refractivity contribution is 0.583. The molecule has 1 unspecified atom stereocenters. The molecule has 70 valence electrons. The van der Waals surface area contributed by atoms with Gasteiger partial charge in [-0.25, -0.2) is 4.39 Å². The summed E-state index contributed by atoms with van der Waals surface area (Å²) in [7, 11) is 0. The van der Waals surface area contributed by atoms with Gasteiger partial charge in [-0.15, -0.1) is 6.58 Å². The fourth-order valence-electron chi connectivity index (χ4n) is 1.11. The summed E-state index contributed by atoms with van der Waals surface area (Å²) in [5.74, 6) is -0.321. The Kier molecular flexibility index (Phi) is 3.46. The molecule has 1 nitrogen and oxygen atoms in total. The summed E-state index contributed by atoms with van der Waals surface area (Å²) in [4.78, 5) is 0. The highest BCUT2D eigenvalue weighted by molar-refractivity contribution is 6.30. The van der Waals surface area contributed by atoms with E-state index in [1.807, 2.05) is 0 Å². The minimum atomic E-state index is -0.365. The van der Waals surface area contributed by atoms with Crippen LogP contribution in [0.5, 0.6) is 0 Å². The van der Waals surface area contributed by atoms with E-state index in [-0.39, 0.29) is 11.9 Å². The lowest BCUT2D eigenvalue weighted by atomic mass is 10.0. The Morgan fingerprint density at radius 1 is 1.62 bits per heavy atom. The largest absolute Gasteiger partial charge is 0.324 e. The van der Waals surface area contributed by atoms with Crippen molar-refractivity contribution in [1.29, 1.82) is 0 Å². The summed E-state index contributed by atoms with van der Waals surface area (Å²) in [6.45, 7) is 3.54. The Hall–Kier alpha value is -0.860. The van der Waals surface area contributed by atoms with Crippen molar-refractivity contribution in [3.8, 4) is 0 Å². The number of rotatable bonds is 3. The van der Waals surface area contributed by atoms with Gasteiger partial charge in [0.1, 0.15) is 5.82 Å². The number of nitrogens with two attached hydrogens (primary N) is 1. The average Bonchev–Trinajstić information content (AvgIpc) is 2.09. The van der Waals surface area contributed by atoms with Crippen LogP contribution in [0.3, 0.4) is 0 Å². The van der Waals surface area contributed by atoms with E-state index in [1.54, 1.807) is 12.1 Å². The topological polar surface area (TPSA) is 26.0 Å². The van der Waals surface area contributed by atoms with Gasteiger partial charge in [-0.3, -0.25) is 0 Å². The highest BCUT2D eigenvalue weighted by atomic mass is 35.5. The van der Waals surface area contributed by atoms with Crippen molar-refractivity contribution in [1.82, 2.24) is 0 Å². The van der Waals surface area contributed by atoms with Crippen molar-refractivity contribution < 1.29 is 4.39 Å². The zero-order valence-electron chi connectivity index (χ0n) is 7.13. The van der Waals surface area contributed by atoms with Gasteiger partial charge >= 0.3 is 0 Å². The Balaban J connectivity index is 2.97. The molecule has 13 heavy (non-hydrogen) atoms. The van der Waals surface area contributed by atoms with Crippen molar-refractivity contribution in [2.24, 2.45) is 5.73 Å². The van der Waals surface area contributed by atoms with E-state index in [0.29, 0.717) is 17.0 Å². The lowest BCUT2D eigenvalue weighted by Gasteiger charge is -2.10. The van der Waals surface area contributed by atoms with Gasteiger partial charge in [0.2, 0.25) is 0 Å². The van der Waals surface area contributed by atoms with Gasteiger partial charge in [0.25, 0.3) is 0 Å². The molecule has 0 aliphatic heterocycles. The third kappa shape index (κ3) is 2.54. The van der Waals surface area contributed by atoms with E-state index in [4.69, 9.17) is 17.3 Å². The van der Waals surface area contributed by atoms with E-state index in [1.165, 1.54) is 12.1 Å². The number of benzene rings is 1. The molecule has 0 amide bonds. The summed E-state index contributed by atoms with van der Waals surface area (Å²) in [6.07, 6.45) is 2.20. The lowest BCUT2D eigenvalue weighted by Crippen LogP contribution is -2.10. The smallest absolute Gasteiger partial charge is 0.128 e. The number of hydrogen-bond acceptors (Lipinski definition) is 1. The molecule has 0 fully saturated rings. The Labute approximate surface area is 82.0 Å². The second kappa shape index (κ2) is 4.40. The maximum atomic E-state index is 13.2. The van der Waals surface area contributed by atoms with Crippen LogP contribution in [0, 0.1) is 5.82 Å². The van der Waals surface area contributed by atoms with E-state index >= 15 is 0 Å². The van der Waals surface area contributed by atoms with Crippen molar-refractivity contribution >= 4 is 11.6 Å². The van der Waals surface area contributed by atoms with Crippen LogP contribution in [0.2, 0.25) is 5.02 Å². The van der Waals surface area contributed by atoms with Crippen LogP contribution < -0.4 is 5.73 Å². The molecule has 1 aromatic rings. The molecule has 1 rings (SSSR count). The van der Waals surface area contributed by atoms with E-state index in [2.05, 4.69) is 6.58 Å². The first-order chi connectivity index (χ1) is 6.15. The molecule has 0 saturated heterocycles. The zero-order valence-corrected chi connectivity index (χ0v) is 7.89. The highest BCUT2D eigenvalue weighted by Crippen LogP contribution is 2.21. The second-order valence-corrected chi connectivity index (χ2v) is 3.23. The van der Waals surface area contributed by atoms with Crippen LogP contribution in [0.25, 0.3) is 0 Å². The van der Waals surface area contributed by atoms with Crippen LogP contribution in [0.15, 0.2) is 30.9 Å². The predicted octanol–water partition coefficient (Wildman–Crippen LogP) is 3.06. The molecule has 0 heterocycles. The maximum Gasteiger partial charge on any atom is 0.128 e. The molecule has 2 N–H and O–H groups in total. The predicted molar refractivity (Wildman–Crippen MR) is 53.2 cm³/mol. The van der Waals surface area contributed by atoms with E-state index < -0.39 is 0 Å². The zero-order chi connectivity index (χ0) is 9.84. The standard InChI is InChI=1S/C10H11ClFN/c1-2-3-10(13)8-6-7(11)4-5-9(8)12/h2,4-6,10H,1,3,13H2. The molecule has 0 bridgehead atoms. The summed E-state index contributed by atoms with van der Waals surface area (Å²) >= 11 is 5.71. The summed E-state index contributed by atoms with van der Waals surface area (Å²) in [5, 5.41) is 0.496. The third-order valence-electron chi connectivity index (χ3n) is 1.78. The molecule has 0 aliphatic rings. The first kappa shape index (κ1) is 10.2. The van der Waals surface area contributed by atoms with Crippen LogP contribution in [-0.2, 0) is 0 Å². The van der Waals surface area contributed by atoms with Crippen molar-refractivity contribution in [3.05, 3.63) is 47.3 Å². The molecule has 0 radical (unpaired) electrons. The van der Waals surface area contributed by atoms with Gasteiger partial charge in [-0.1, -0.05) is 17.7 Å². The quantitative estimate of drug-likeness (QED) is 0.744. The van der Waals surface area contributed by atoms with Crippen molar-refractivity contribution in [2.45, 2.75) is 12.5 Å². The Bertz CT molecular complexity index is 312.